The van der Waals surface area contributed by atoms with Crippen LogP contribution in [0.25, 0.3) is 0 Å². The number of hydrogen-bond acceptors (Lipinski definition) is 6. The van der Waals surface area contributed by atoms with Crippen molar-refractivity contribution in [3.05, 3.63) is 11.1 Å². The second-order valence-electron chi connectivity index (χ2n) is 13.9. The summed E-state index contributed by atoms with van der Waals surface area (Å²) in [5, 5.41) is 31.6. The SMILES string of the molecule is C[C@H](CC(=O)C[C@H](C)[C@@H]1CC(=O)[C@]2(C)C3=C(C(=O)C[C@]12C)[C@]1(C)CC[C@H](O)C(C)(C)[C@H]1C[C@@H]3O)C(=O)O. The maximum Gasteiger partial charge on any atom is 0.306 e. The Morgan fingerprint density at radius 1 is 1.03 bits per heavy atom. The van der Waals surface area contributed by atoms with E-state index in [4.69, 9.17) is 0 Å². The Morgan fingerprint density at radius 2 is 1.65 bits per heavy atom. The zero-order chi connectivity index (χ0) is 27.9. The molecule has 4 aliphatic rings. The fraction of sp³-hybridized carbons (Fsp3) is 0.800. The van der Waals surface area contributed by atoms with Gasteiger partial charge in [0.1, 0.15) is 11.6 Å². The molecule has 0 unspecified atom stereocenters. The number of rotatable bonds is 6. The smallest absolute Gasteiger partial charge is 0.306 e. The fourth-order valence-electron chi connectivity index (χ4n) is 9.12. The van der Waals surface area contributed by atoms with E-state index in [-0.39, 0.29) is 60.8 Å². The molecule has 0 radical (unpaired) electrons. The third-order valence-corrected chi connectivity index (χ3v) is 11.6. The van der Waals surface area contributed by atoms with Crippen LogP contribution in [0.1, 0.15) is 93.4 Å². The lowest BCUT2D eigenvalue weighted by atomic mass is 9.42. The summed E-state index contributed by atoms with van der Waals surface area (Å²) < 4.78 is 0. The number of aliphatic hydroxyl groups is 2. The molecule has 0 aromatic carbocycles. The predicted molar refractivity (Wildman–Crippen MR) is 137 cm³/mol. The molecule has 3 N–H and O–H groups in total. The van der Waals surface area contributed by atoms with E-state index in [1.54, 1.807) is 0 Å². The summed E-state index contributed by atoms with van der Waals surface area (Å²) in [5.41, 5.74) is -1.55. The maximum absolute atomic E-state index is 14.1. The van der Waals surface area contributed by atoms with Gasteiger partial charge in [0, 0.05) is 31.3 Å². The minimum Gasteiger partial charge on any atom is -0.481 e. The summed E-state index contributed by atoms with van der Waals surface area (Å²) >= 11 is 0. The molecule has 4 aliphatic carbocycles. The van der Waals surface area contributed by atoms with Gasteiger partial charge in [-0.2, -0.15) is 0 Å². The highest BCUT2D eigenvalue weighted by atomic mass is 16.4. The second kappa shape index (κ2) is 8.84. The average Bonchev–Trinajstić information content (AvgIpc) is 2.99. The van der Waals surface area contributed by atoms with Crippen molar-refractivity contribution in [2.75, 3.05) is 0 Å². The molecule has 2 fully saturated rings. The number of allylic oxidation sites excluding steroid dienone is 1. The minimum atomic E-state index is -1.01. The Morgan fingerprint density at radius 3 is 2.24 bits per heavy atom. The van der Waals surface area contributed by atoms with Gasteiger partial charge in [0.25, 0.3) is 0 Å². The number of ketones is 3. The summed E-state index contributed by atoms with van der Waals surface area (Å²) in [4.78, 5) is 51.9. The fourth-order valence-corrected chi connectivity index (χ4v) is 9.12. The lowest BCUT2D eigenvalue weighted by molar-refractivity contribution is -0.144. The molecule has 0 bridgehead atoms. The molecule has 37 heavy (non-hydrogen) atoms. The molecule has 4 rings (SSSR count). The van der Waals surface area contributed by atoms with Crippen molar-refractivity contribution >= 4 is 23.3 Å². The topological polar surface area (TPSA) is 129 Å². The van der Waals surface area contributed by atoms with E-state index in [2.05, 4.69) is 6.92 Å². The van der Waals surface area contributed by atoms with Gasteiger partial charge in [-0.15, -0.1) is 0 Å². The van der Waals surface area contributed by atoms with E-state index < -0.39 is 45.8 Å². The van der Waals surface area contributed by atoms with Crippen LogP contribution in [0.2, 0.25) is 0 Å². The van der Waals surface area contributed by atoms with Crippen molar-refractivity contribution in [2.24, 2.45) is 45.3 Å². The molecular formula is C30H44O7. The standard InChI is InChI=1S/C30H44O7/c1-15(10-17(31)11-16(2)26(36)37)18-12-23(35)30(7)25-19(32)13-21-27(3,4)22(34)8-9-28(21,5)24(25)20(33)14-29(18,30)6/h15-16,18-19,21-22,32,34H,8-14H2,1-7H3,(H,36,37)/t15-,16+,18-,19-,21+,22-,28+,29+,30+/m0/s1. The third kappa shape index (κ3) is 3.82. The van der Waals surface area contributed by atoms with Crippen molar-refractivity contribution in [2.45, 2.75) is 106 Å². The Hall–Kier alpha value is -1.86. The summed E-state index contributed by atoms with van der Waals surface area (Å²) in [5.74, 6) is -2.45. The highest BCUT2D eigenvalue weighted by Gasteiger charge is 2.70. The van der Waals surface area contributed by atoms with E-state index >= 15 is 0 Å². The molecule has 206 valence electrons. The van der Waals surface area contributed by atoms with Crippen molar-refractivity contribution in [1.29, 1.82) is 0 Å². The molecule has 0 spiro atoms. The number of Topliss-reactive ketones (excluding diaryl/α,β-unsaturated/α-hetero) is 3. The number of carboxylic acids is 1. The van der Waals surface area contributed by atoms with E-state index in [9.17, 15) is 34.5 Å². The molecule has 7 nitrogen and oxygen atoms in total. The zero-order valence-corrected chi connectivity index (χ0v) is 23.4. The van der Waals surface area contributed by atoms with Gasteiger partial charge in [0.05, 0.1) is 23.5 Å². The van der Waals surface area contributed by atoms with E-state index in [1.807, 2.05) is 34.6 Å². The molecule has 9 atom stereocenters. The molecule has 0 amide bonds. The van der Waals surface area contributed by atoms with Crippen LogP contribution in [-0.4, -0.2) is 50.8 Å². The highest BCUT2D eigenvalue weighted by molar-refractivity contribution is 6.05. The molecule has 0 aromatic heterocycles. The largest absolute Gasteiger partial charge is 0.481 e. The van der Waals surface area contributed by atoms with Crippen LogP contribution in [-0.2, 0) is 19.2 Å². The summed E-state index contributed by atoms with van der Waals surface area (Å²) in [7, 11) is 0. The number of carboxylic acid groups (broad SMARTS) is 1. The molecule has 0 aromatic rings. The summed E-state index contributed by atoms with van der Waals surface area (Å²) in [6.45, 7) is 13.4. The normalized spacial score (nSPS) is 42.5. The van der Waals surface area contributed by atoms with Crippen LogP contribution in [0.3, 0.4) is 0 Å². The van der Waals surface area contributed by atoms with Crippen molar-refractivity contribution in [1.82, 2.24) is 0 Å². The van der Waals surface area contributed by atoms with Crippen LogP contribution >= 0.6 is 0 Å². The Labute approximate surface area is 220 Å². The van der Waals surface area contributed by atoms with Crippen LogP contribution < -0.4 is 0 Å². The molecule has 2 saturated carbocycles. The number of carbonyl (C=O) groups excluding carboxylic acids is 3. The van der Waals surface area contributed by atoms with Gasteiger partial charge < -0.3 is 15.3 Å². The third-order valence-electron chi connectivity index (χ3n) is 11.6. The zero-order valence-electron chi connectivity index (χ0n) is 23.4. The minimum absolute atomic E-state index is 0.00871. The van der Waals surface area contributed by atoms with Gasteiger partial charge in [-0.3, -0.25) is 19.2 Å². The van der Waals surface area contributed by atoms with Gasteiger partial charge >= 0.3 is 5.97 Å². The van der Waals surface area contributed by atoms with Gasteiger partial charge in [-0.25, -0.2) is 0 Å². The van der Waals surface area contributed by atoms with Gasteiger partial charge in [0.2, 0.25) is 0 Å². The van der Waals surface area contributed by atoms with Crippen molar-refractivity contribution in [3.63, 3.8) is 0 Å². The first kappa shape index (κ1) is 28.2. The van der Waals surface area contributed by atoms with Gasteiger partial charge in [-0.05, 0) is 65.8 Å². The van der Waals surface area contributed by atoms with E-state index in [1.165, 1.54) is 6.92 Å². The van der Waals surface area contributed by atoms with E-state index in [0.29, 0.717) is 30.4 Å². The maximum atomic E-state index is 14.1. The first-order chi connectivity index (χ1) is 16.9. The quantitative estimate of drug-likeness (QED) is 0.484. The average molecular weight is 517 g/mol. The van der Waals surface area contributed by atoms with Crippen LogP contribution in [0.15, 0.2) is 11.1 Å². The molecular weight excluding hydrogens is 472 g/mol. The number of aliphatic carboxylic acids is 1. The lowest BCUT2D eigenvalue weighted by Crippen LogP contribution is -2.60. The van der Waals surface area contributed by atoms with Gasteiger partial charge in [0.15, 0.2) is 5.78 Å². The van der Waals surface area contributed by atoms with Crippen molar-refractivity contribution in [3.8, 4) is 0 Å². The van der Waals surface area contributed by atoms with E-state index in [0.717, 1.165) is 0 Å². The predicted octanol–water partition coefficient (Wildman–Crippen LogP) is 4.13. The Balaban J connectivity index is 1.74. The van der Waals surface area contributed by atoms with Crippen LogP contribution in [0.4, 0.5) is 0 Å². The Bertz CT molecular complexity index is 1070. The molecule has 0 heterocycles. The van der Waals surface area contributed by atoms with Crippen molar-refractivity contribution < 1.29 is 34.5 Å². The Kier molecular flexibility index (Phi) is 6.72. The number of carbonyl (C=O) groups is 4. The van der Waals surface area contributed by atoms with Gasteiger partial charge in [-0.1, -0.05) is 41.5 Å². The lowest BCUT2D eigenvalue weighted by Gasteiger charge is -2.61. The summed E-state index contributed by atoms with van der Waals surface area (Å²) in [6.07, 6.45) is 0.671. The van der Waals surface area contributed by atoms with Crippen LogP contribution in [0.5, 0.6) is 0 Å². The first-order valence-electron chi connectivity index (χ1n) is 13.8. The first-order valence-corrected chi connectivity index (χ1v) is 13.8. The number of aliphatic hydroxyl groups excluding tert-OH is 2. The molecule has 0 saturated heterocycles. The molecule has 0 aliphatic heterocycles. The number of hydrogen-bond donors (Lipinski definition) is 3. The second-order valence-corrected chi connectivity index (χ2v) is 13.9. The van der Waals surface area contributed by atoms with Crippen LogP contribution in [0, 0.1) is 45.3 Å². The highest BCUT2D eigenvalue weighted by Crippen LogP contribution is 2.70. The monoisotopic (exact) mass is 516 g/mol. The summed E-state index contributed by atoms with van der Waals surface area (Å²) in [6, 6.07) is 0. The molecule has 7 heteroatoms. The number of fused-ring (bicyclic) bond motifs is 4.